The van der Waals surface area contributed by atoms with Gasteiger partial charge in [-0.3, -0.25) is 4.90 Å². The second kappa shape index (κ2) is 8.19. The van der Waals surface area contributed by atoms with Gasteiger partial charge in [0.1, 0.15) is 5.82 Å². The zero-order chi connectivity index (χ0) is 17.9. The van der Waals surface area contributed by atoms with Gasteiger partial charge in [-0.05, 0) is 61.0 Å². The van der Waals surface area contributed by atoms with Crippen LogP contribution in [0.15, 0.2) is 24.3 Å². The SMILES string of the molecule is Fc1ccc([C@@H](CNC(=S)N[C@H]2C[C@H]3CC[C@H]2C3)N2CCOCC2)cc1. The molecule has 2 saturated carbocycles. The van der Waals surface area contributed by atoms with Gasteiger partial charge < -0.3 is 15.4 Å². The number of benzene rings is 1. The van der Waals surface area contributed by atoms with Crippen molar-refractivity contribution < 1.29 is 9.13 Å². The molecule has 0 unspecified atom stereocenters. The summed E-state index contributed by atoms with van der Waals surface area (Å²) < 4.78 is 18.8. The second-order valence-electron chi connectivity index (χ2n) is 7.85. The molecule has 1 heterocycles. The minimum Gasteiger partial charge on any atom is -0.379 e. The number of halogens is 1. The predicted octanol–water partition coefficient (Wildman–Crippen LogP) is 2.85. The van der Waals surface area contributed by atoms with Gasteiger partial charge >= 0.3 is 0 Å². The summed E-state index contributed by atoms with van der Waals surface area (Å²) in [4.78, 5) is 2.39. The Morgan fingerprint density at radius 1 is 1.19 bits per heavy atom. The highest BCUT2D eigenvalue weighted by Gasteiger charge is 2.39. The molecule has 0 radical (unpaired) electrons. The first-order valence-electron chi connectivity index (χ1n) is 9.80. The number of ether oxygens (including phenoxy) is 1. The van der Waals surface area contributed by atoms with Crippen molar-refractivity contribution >= 4 is 17.3 Å². The van der Waals surface area contributed by atoms with Crippen LogP contribution < -0.4 is 10.6 Å². The summed E-state index contributed by atoms with van der Waals surface area (Å²) in [5.74, 6) is 1.50. The fourth-order valence-electron chi connectivity index (χ4n) is 4.86. The van der Waals surface area contributed by atoms with Crippen LogP contribution in [0.4, 0.5) is 4.39 Å². The van der Waals surface area contributed by atoms with Crippen LogP contribution in [-0.2, 0) is 4.74 Å². The van der Waals surface area contributed by atoms with E-state index in [-0.39, 0.29) is 11.9 Å². The summed E-state index contributed by atoms with van der Waals surface area (Å²) in [5.41, 5.74) is 1.11. The zero-order valence-electron chi connectivity index (χ0n) is 15.1. The number of nitrogens with one attached hydrogen (secondary N) is 2. The zero-order valence-corrected chi connectivity index (χ0v) is 15.9. The number of fused-ring (bicyclic) bond motifs is 2. The third-order valence-electron chi connectivity index (χ3n) is 6.25. The fourth-order valence-corrected chi connectivity index (χ4v) is 5.10. The Morgan fingerprint density at radius 2 is 1.96 bits per heavy atom. The minimum absolute atomic E-state index is 0.166. The van der Waals surface area contributed by atoms with E-state index in [9.17, 15) is 4.39 Å². The molecule has 4 atom stereocenters. The standard InChI is InChI=1S/C20H28FN3OS/c21-17-5-3-15(4-6-17)19(24-7-9-25-10-8-24)13-22-20(26)23-18-12-14-1-2-16(18)11-14/h3-6,14,16,18-19H,1-2,7-13H2,(H2,22,23,26)/t14-,16-,18-,19+/m0/s1. The maximum absolute atomic E-state index is 13.3. The summed E-state index contributed by atoms with van der Waals surface area (Å²) in [6.07, 6.45) is 5.37. The molecule has 1 aliphatic heterocycles. The molecule has 4 nitrogen and oxygen atoms in total. The molecule has 2 bridgehead atoms. The van der Waals surface area contributed by atoms with Crippen LogP contribution in [0.5, 0.6) is 0 Å². The van der Waals surface area contributed by atoms with Gasteiger partial charge in [-0.15, -0.1) is 0 Å². The molecular formula is C20H28FN3OS. The largest absolute Gasteiger partial charge is 0.379 e. The van der Waals surface area contributed by atoms with Crippen molar-refractivity contribution in [2.24, 2.45) is 11.8 Å². The predicted molar refractivity (Wildman–Crippen MR) is 105 cm³/mol. The number of nitrogens with zero attached hydrogens (tertiary/aromatic N) is 1. The number of rotatable bonds is 5. The molecule has 142 valence electrons. The highest BCUT2D eigenvalue weighted by Crippen LogP contribution is 2.44. The van der Waals surface area contributed by atoms with Crippen molar-refractivity contribution in [2.75, 3.05) is 32.8 Å². The first-order valence-corrected chi connectivity index (χ1v) is 10.2. The van der Waals surface area contributed by atoms with Crippen LogP contribution in [0, 0.1) is 17.7 Å². The molecule has 3 fully saturated rings. The molecule has 0 amide bonds. The summed E-state index contributed by atoms with van der Waals surface area (Å²) in [6, 6.07) is 7.54. The molecule has 1 aromatic rings. The Balaban J connectivity index is 1.36. The molecule has 1 saturated heterocycles. The Bertz CT molecular complexity index is 620. The number of hydrogen-bond acceptors (Lipinski definition) is 3. The van der Waals surface area contributed by atoms with Crippen molar-refractivity contribution in [1.29, 1.82) is 0 Å². The van der Waals surface area contributed by atoms with E-state index in [0.717, 1.165) is 55.4 Å². The lowest BCUT2D eigenvalue weighted by atomic mass is 9.95. The van der Waals surface area contributed by atoms with E-state index in [1.54, 1.807) is 0 Å². The van der Waals surface area contributed by atoms with Crippen molar-refractivity contribution in [2.45, 2.75) is 37.8 Å². The van der Waals surface area contributed by atoms with Crippen LogP contribution in [0.1, 0.15) is 37.3 Å². The molecule has 4 rings (SSSR count). The summed E-state index contributed by atoms with van der Waals surface area (Å²) in [5, 5.41) is 7.72. The fraction of sp³-hybridized carbons (Fsp3) is 0.650. The smallest absolute Gasteiger partial charge is 0.166 e. The normalized spacial score (nSPS) is 29.5. The molecule has 0 aromatic heterocycles. The van der Waals surface area contributed by atoms with Crippen molar-refractivity contribution in [1.82, 2.24) is 15.5 Å². The van der Waals surface area contributed by atoms with E-state index < -0.39 is 0 Å². The van der Waals surface area contributed by atoms with Gasteiger partial charge in [0.15, 0.2) is 5.11 Å². The van der Waals surface area contributed by atoms with Gasteiger partial charge in [0.05, 0.1) is 19.3 Å². The molecule has 2 N–H and O–H groups in total. The Kier molecular flexibility index (Phi) is 5.72. The molecule has 6 heteroatoms. The van der Waals surface area contributed by atoms with Gasteiger partial charge in [-0.25, -0.2) is 4.39 Å². The van der Waals surface area contributed by atoms with Gasteiger partial charge in [0.25, 0.3) is 0 Å². The first kappa shape index (κ1) is 18.1. The lowest BCUT2D eigenvalue weighted by Gasteiger charge is -2.35. The van der Waals surface area contributed by atoms with Gasteiger partial charge in [0, 0.05) is 25.7 Å². The number of thiocarbonyl (C=S) groups is 1. The Labute approximate surface area is 160 Å². The van der Waals surface area contributed by atoms with Crippen molar-refractivity contribution in [3.05, 3.63) is 35.6 Å². The highest BCUT2D eigenvalue weighted by atomic mass is 32.1. The second-order valence-corrected chi connectivity index (χ2v) is 8.26. The van der Waals surface area contributed by atoms with E-state index in [0.29, 0.717) is 6.04 Å². The monoisotopic (exact) mass is 377 g/mol. The molecule has 26 heavy (non-hydrogen) atoms. The topological polar surface area (TPSA) is 36.5 Å². The first-order chi connectivity index (χ1) is 12.7. The average Bonchev–Trinajstić information content (AvgIpc) is 3.27. The van der Waals surface area contributed by atoms with Crippen LogP contribution in [0.25, 0.3) is 0 Å². The maximum Gasteiger partial charge on any atom is 0.166 e. The lowest BCUT2D eigenvalue weighted by molar-refractivity contribution is 0.0170. The minimum atomic E-state index is -0.198. The van der Waals surface area contributed by atoms with Crippen LogP contribution in [0.2, 0.25) is 0 Å². The highest BCUT2D eigenvalue weighted by molar-refractivity contribution is 7.80. The Hall–Kier alpha value is -1.24. The third-order valence-corrected chi connectivity index (χ3v) is 6.51. The van der Waals surface area contributed by atoms with E-state index in [1.807, 2.05) is 12.1 Å². The van der Waals surface area contributed by atoms with Gasteiger partial charge in [-0.2, -0.15) is 0 Å². The van der Waals surface area contributed by atoms with Gasteiger partial charge in [0.2, 0.25) is 0 Å². The molecular weight excluding hydrogens is 349 g/mol. The van der Waals surface area contributed by atoms with Gasteiger partial charge in [-0.1, -0.05) is 18.6 Å². The van der Waals surface area contributed by atoms with Crippen molar-refractivity contribution in [3.63, 3.8) is 0 Å². The average molecular weight is 378 g/mol. The summed E-state index contributed by atoms with van der Waals surface area (Å²) >= 11 is 5.57. The molecule has 0 spiro atoms. The molecule has 3 aliphatic rings. The lowest BCUT2D eigenvalue weighted by Crippen LogP contribution is -2.48. The maximum atomic E-state index is 13.3. The Morgan fingerprint density at radius 3 is 2.62 bits per heavy atom. The number of hydrogen-bond donors (Lipinski definition) is 2. The quantitative estimate of drug-likeness (QED) is 0.772. The van der Waals surface area contributed by atoms with E-state index >= 15 is 0 Å². The van der Waals surface area contributed by atoms with E-state index in [1.165, 1.54) is 37.8 Å². The van der Waals surface area contributed by atoms with Crippen molar-refractivity contribution in [3.8, 4) is 0 Å². The molecule has 1 aromatic carbocycles. The van der Waals surface area contributed by atoms with Crippen LogP contribution in [0.3, 0.4) is 0 Å². The third kappa shape index (κ3) is 4.18. The number of morpholine rings is 1. The van der Waals surface area contributed by atoms with Crippen LogP contribution >= 0.6 is 12.2 Å². The van der Waals surface area contributed by atoms with E-state index in [2.05, 4.69) is 15.5 Å². The van der Waals surface area contributed by atoms with Crippen LogP contribution in [-0.4, -0.2) is 48.9 Å². The molecule has 2 aliphatic carbocycles. The summed E-state index contributed by atoms with van der Waals surface area (Å²) in [7, 11) is 0. The van der Waals surface area contributed by atoms with E-state index in [4.69, 9.17) is 17.0 Å². The summed E-state index contributed by atoms with van der Waals surface area (Å²) in [6.45, 7) is 3.97.